The van der Waals surface area contributed by atoms with Gasteiger partial charge in [-0.1, -0.05) is 23.7 Å². The second-order valence-corrected chi connectivity index (χ2v) is 3.95. The first-order valence-corrected chi connectivity index (χ1v) is 5.42. The Bertz CT molecular complexity index is 471. The fraction of sp³-hybridized carbons (Fsp3) is 0.154. The Labute approximate surface area is 99.9 Å². The standard InChI is InChI=1S/C13H12ClNO/c1-10-5-6-12(14)13(8-10)16-9-11-4-2-3-7-15-11/h2-8H,9H2,1H3. The SMILES string of the molecule is Cc1ccc(Cl)c(OCc2ccccn2)c1. The van der Waals surface area contributed by atoms with E-state index >= 15 is 0 Å². The molecule has 0 atom stereocenters. The highest BCUT2D eigenvalue weighted by atomic mass is 35.5. The summed E-state index contributed by atoms with van der Waals surface area (Å²) < 4.78 is 5.61. The zero-order valence-corrected chi connectivity index (χ0v) is 9.74. The molecular formula is C13H12ClNO. The lowest BCUT2D eigenvalue weighted by Gasteiger charge is -2.08. The van der Waals surface area contributed by atoms with Gasteiger partial charge in [0.05, 0.1) is 10.7 Å². The molecule has 0 fully saturated rings. The minimum Gasteiger partial charge on any atom is -0.486 e. The van der Waals surface area contributed by atoms with Crippen molar-refractivity contribution < 1.29 is 4.74 Å². The number of aryl methyl sites for hydroxylation is 1. The third-order valence-corrected chi connectivity index (χ3v) is 2.50. The Morgan fingerprint density at radius 1 is 1.25 bits per heavy atom. The summed E-state index contributed by atoms with van der Waals surface area (Å²) in [6.07, 6.45) is 1.75. The molecule has 2 rings (SSSR count). The topological polar surface area (TPSA) is 22.1 Å². The minimum absolute atomic E-state index is 0.435. The number of pyridine rings is 1. The van der Waals surface area contributed by atoms with Crippen molar-refractivity contribution in [2.45, 2.75) is 13.5 Å². The molecule has 0 radical (unpaired) electrons. The Kier molecular flexibility index (Phi) is 3.42. The van der Waals surface area contributed by atoms with Crippen molar-refractivity contribution in [3.05, 3.63) is 58.9 Å². The van der Waals surface area contributed by atoms with Gasteiger partial charge in [-0.15, -0.1) is 0 Å². The lowest BCUT2D eigenvalue weighted by molar-refractivity contribution is 0.301. The van der Waals surface area contributed by atoms with Crippen LogP contribution < -0.4 is 4.74 Å². The van der Waals surface area contributed by atoms with Crippen molar-refractivity contribution in [2.24, 2.45) is 0 Å². The molecule has 0 aliphatic heterocycles. The van der Waals surface area contributed by atoms with Gasteiger partial charge in [0.1, 0.15) is 12.4 Å². The number of aromatic nitrogens is 1. The van der Waals surface area contributed by atoms with Crippen LogP contribution in [-0.2, 0) is 6.61 Å². The molecule has 1 aromatic carbocycles. The highest BCUT2D eigenvalue weighted by Gasteiger charge is 2.02. The molecule has 82 valence electrons. The highest BCUT2D eigenvalue weighted by Crippen LogP contribution is 2.25. The Morgan fingerprint density at radius 2 is 2.12 bits per heavy atom. The molecule has 0 aliphatic rings. The van der Waals surface area contributed by atoms with E-state index in [0.29, 0.717) is 17.4 Å². The fourth-order valence-corrected chi connectivity index (χ4v) is 1.53. The lowest BCUT2D eigenvalue weighted by atomic mass is 10.2. The van der Waals surface area contributed by atoms with Crippen molar-refractivity contribution in [1.29, 1.82) is 0 Å². The molecule has 16 heavy (non-hydrogen) atoms. The van der Waals surface area contributed by atoms with E-state index in [2.05, 4.69) is 4.98 Å². The van der Waals surface area contributed by atoms with Crippen LogP contribution in [0.5, 0.6) is 5.75 Å². The van der Waals surface area contributed by atoms with E-state index in [4.69, 9.17) is 16.3 Å². The number of halogens is 1. The molecular weight excluding hydrogens is 222 g/mol. The normalized spacial score (nSPS) is 10.1. The van der Waals surface area contributed by atoms with E-state index in [1.165, 1.54) is 0 Å². The molecule has 0 saturated carbocycles. The molecule has 0 unspecified atom stereocenters. The number of hydrogen-bond acceptors (Lipinski definition) is 2. The summed E-state index contributed by atoms with van der Waals surface area (Å²) in [5.74, 6) is 0.701. The Morgan fingerprint density at radius 3 is 2.88 bits per heavy atom. The third kappa shape index (κ3) is 2.74. The van der Waals surface area contributed by atoms with Gasteiger partial charge in [0.25, 0.3) is 0 Å². The zero-order chi connectivity index (χ0) is 11.4. The average molecular weight is 234 g/mol. The first kappa shape index (κ1) is 11.0. The molecule has 0 aliphatic carbocycles. The average Bonchev–Trinajstić information content (AvgIpc) is 2.32. The second kappa shape index (κ2) is 4.99. The Hall–Kier alpha value is -1.54. The van der Waals surface area contributed by atoms with Crippen LogP contribution in [0.4, 0.5) is 0 Å². The number of nitrogens with zero attached hydrogens (tertiary/aromatic N) is 1. The van der Waals surface area contributed by atoms with Crippen LogP contribution in [0.2, 0.25) is 5.02 Å². The molecule has 0 amide bonds. The molecule has 1 heterocycles. The molecule has 3 heteroatoms. The predicted molar refractivity (Wildman–Crippen MR) is 64.8 cm³/mol. The predicted octanol–water partition coefficient (Wildman–Crippen LogP) is 3.62. The fourth-order valence-electron chi connectivity index (χ4n) is 1.36. The number of rotatable bonds is 3. The van der Waals surface area contributed by atoms with Crippen LogP contribution in [0.1, 0.15) is 11.3 Å². The van der Waals surface area contributed by atoms with Crippen molar-refractivity contribution in [1.82, 2.24) is 4.98 Å². The van der Waals surface area contributed by atoms with E-state index in [0.717, 1.165) is 11.3 Å². The van der Waals surface area contributed by atoms with Gasteiger partial charge in [-0.05, 0) is 36.8 Å². The van der Waals surface area contributed by atoms with Crippen molar-refractivity contribution in [3.8, 4) is 5.75 Å². The van der Waals surface area contributed by atoms with Crippen molar-refractivity contribution >= 4 is 11.6 Å². The quantitative estimate of drug-likeness (QED) is 0.808. The second-order valence-electron chi connectivity index (χ2n) is 3.54. The van der Waals surface area contributed by atoms with Gasteiger partial charge in [-0.25, -0.2) is 0 Å². The van der Waals surface area contributed by atoms with E-state index in [9.17, 15) is 0 Å². The van der Waals surface area contributed by atoms with Crippen LogP contribution >= 0.6 is 11.6 Å². The summed E-state index contributed by atoms with van der Waals surface area (Å²) in [5, 5.41) is 0.626. The van der Waals surface area contributed by atoms with Crippen molar-refractivity contribution in [3.63, 3.8) is 0 Å². The largest absolute Gasteiger partial charge is 0.486 e. The summed E-state index contributed by atoms with van der Waals surface area (Å²) >= 11 is 6.02. The maximum atomic E-state index is 6.02. The first-order valence-electron chi connectivity index (χ1n) is 5.04. The molecule has 0 spiro atoms. The molecule has 1 aromatic heterocycles. The maximum Gasteiger partial charge on any atom is 0.138 e. The zero-order valence-electron chi connectivity index (χ0n) is 8.98. The highest BCUT2D eigenvalue weighted by molar-refractivity contribution is 6.32. The van der Waals surface area contributed by atoms with E-state index in [1.54, 1.807) is 6.20 Å². The molecule has 0 bridgehead atoms. The van der Waals surface area contributed by atoms with E-state index in [-0.39, 0.29) is 0 Å². The number of ether oxygens (including phenoxy) is 1. The molecule has 0 saturated heterocycles. The van der Waals surface area contributed by atoms with Gasteiger partial charge in [-0.3, -0.25) is 4.98 Å². The summed E-state index contributed by atoms with van der Waals surface area (Å²) in [7, 11) is 0. The monoisotopic (exact) mass is 233 g/mol. The first-order chi connectivity index (χ1) is 7.75. The smallest absolute Gasteiger partial charge is 0.138 e. The Balaban J connectivity index is 2.08. The van der Waals surface area contributed by atoms with Crippen LogP contribution in [0.15, 0.2) is 42.6 Å². The number of benzene rings is 1. The van der Waals surface area contributed by atoms with Crippen LogP contribution in [0.3, 0.4) is 0 Å². The summed E-state index contributed by atoms with van der Waals surface area (Å²) in [4.78, 5) is 4.18. The van der Waals surface area contributed by atoms with Crippen LogP contribution in [0, 0.1) is 6.92 Å². The molecule has 2 nitrogen and oxygen atoms in total. The number of hydrogen-bond donors (Lipinski definition) is 0. The lowest BCUT2D eigenvalue weighted by Crippen LogP contribution is -1.98. The van der Waals surface area contributed by atoms with E-state index < -0.39 is 0 Å². The third-order valence-electron chi connectivity index (χ3n) is 2.19. The van der Waals surface area contributed by atoms with Gasteiger partial charge < -0.3 is 4.74 Å². The van der Waals surface area contributed by atoms with Gasteiger partial charge >= 0.3 is 0 Å². The van der Waals surface area contributed by atoms with Crippen LogP contribution in [0.25, 0.3) is 0 Å². The summed E-state index contributed by atoms with van der Waals surface area (Å²) in [5.41, 5.74) is 2.01. The van der Waals surface area contributed by atoms with Gasteiger partial charge in [0.2, 0.25) is 0 Å². The maximum absolute atomic E-state index is 6.02. The van der Waals surface area contributed by atoms with Gasteiger partial charge in [0, 0.05) is 6.20 Å². The molecule has 0 N–H and O–H groups in total. The van der Waals surface area contributed by atoms with Gasteiger partial charge in [0.15, 0.2) is 0 Å². The van der Waals surface area contributed by atoms with Crippen molar-refractivity contribution in [2.75, 3.05) is 0 Å². The summed E-state index contributed by atoms with van der Waals surface area (Å²) in [6, 6.07) is 11.4. The van der Waals surface area contributed by atoms with Crippen LogP contribution in [-0.4, -0.2) is 4.98 Å². The molecule has 2 aromatic rings. The minimum atomic E-state index is 0.435. The summed E-state index contributed by atoms with van der Waals surface area (Å²) in [6.45, 7) is 2.44. The van der Waals surface area contributed by atoms with Gasteiger partial charge in [-0.2, -0.15) is 0 Å². The van der Waals surface area contributed by atoms with E-state index in [1.807, 2.05) is 43.3 Å².